The number of halogens is 6. The molecule has 25 heavy (non-hydrogen) atoms. The molecule has 0 atom stereocenters. The highest BCUT2D eigenvalue weighted by atomic mass is 79.9. The van der Waals surface area contributed by atoms with E-state index in [1.165, 1.54) is 12.5 Å². The van der Waals surface area contributed by atoms with E-state index in [-0.39, 0.29) is 21.4 Å². The summed E-state index contributed by atoms with van der Waals surface area (Å²) in [6.45, 7) is 0. The number of benzene rings is 1. The smallest absolute Gasteiger partial charge is 0.416 e. The number of rotatable bonds is 2. The van der Waals surface area contributed by atoms with E-state index in [1.54, 1.807) is 6.07 Å². The molecule has 2 aromatic heterocycles. The normalized spacial score (nSPS) is 11.6. The lowest BCUT2D eigenvalue weighted by Crippen LogP contribution is -2.07. The topological polar surface area (TPSA) is 54.8 Å². The Morgan fingerprint density at radius 2 is 1.88 bits per heavy atom. The van der Waals surface area contributed by atoms with Crippen molar-refractivity contribution < 1.29 is 17.6 Å². The van der Waals surface area contributed by atoms with Gasteiger partial charge in [0, 0.05) is 6.20 Å². The van der Waals surface area contributed by atoms with Gasteiger partial charge in [-0.15, -0.1) is 0 Å². The summed E-state index contributed by atoms with van der Waals surface area (Å²) in [6.07, 6.45) is -1.77. The van der Waals surface area contributed by atoms with Crippen molar-refractivity contribution in [3.8, 4) is 23.1 Å². The van der Waals surface area contributed by atoms with Crippen LogP contribution in [-0.4, -0.2) is 9.78 Å². The van der Waals surface area contributed by atoms with Gasteiger partial charge in [0.1, 0.15) is 11.8 Å². The Morgan fingerprint density at radius 1 is 1.24 bits per heavy atom. The average molecular weight is 451 g/mol. The summed E-state index contributed by atoms with van der Waals surface area (Å²) < 4.78 is 45.5. The standard InChI is InChI=1S/C15H5BrCl2F3N3O/c16-9-1-2-25-14(9)8-6-24(23-12(8)5-22)13-10(17)3-7(4-11(13)18)15(19,20)21/h1-4,6H. The molecule has 10 heteroatoms. The fraction of sp³-hybridized carbons (Fsp3) is 0.0667. The first kappa shape index (κ1) is 17.9. The molecule has 1 aromatic carbocycles. The largest absolute Gasteiger partial charge is 0.463 e. The molecule has 0 spiro atoms. The van der Waals surface area contributed by atoms with Gasteiger partial charge in [-0.2, -0.15) is 23.5 Å². The van der Waals surface area contributed by atoms with Crippen LogP contribution in [0, 0.1) is 11.3 Å². The molecule has 0 aliphatic heterocycles. The van der Waals surface area contributed by atoms with Crippen molar-refractivity contribution in [3.63, 3.8) is 0 Å². The van der Waals surface area contributed by atoms with Gasteiger partial charge in [-0.1, -0.05) is 23.2 Å². The highest BCUT2D eigenvalue weighted by molar-refractivity contribution is 9.10. The van der Waals surface area contributed by atoms with Crippen molar-refractivity contribution in [1.82, 2.24) is 9.78 Å². The van der Waals surface area contributed by atoms with Crippen LogP contribution in [-0.2, 0) is 6.18 Å². The van der Waals surface area contributed by atoms with E-state index in [9.17, 15) is 18.4 Å². The summed E-state index contributed by atoms with van der Waals surface area (Å²) in [4.78, 5) is 0. The zero-order valence-corrected chi connectivity index (χ0v) is 15.0. The van der Waals surface area contributed by atoms with Gasteiger partial charge >= 0.3 is 6.18 Å². The maximum atomic E-state index is 12.8. The molecule has 0 bridgehead atoms. The third kappa shape index (κ3) is 3.27. The second-order valence-corrected chi connectivity index (χ2v) is 6.50. The molecule has 0 amide bonds. The lowest BCUT2D eigenvalue weighted by Gasteiger charge is -2.12. The Balaban J connectivity index is 2.17. The fourth-order valence-corrected chi connectivity index (χ4v) is 3.25. The molecule has 0 N–H and O–H groups in total. The summed E-state index contributed by atoms with van der Waals surface area (Å²) >= 11 is 15.2. The first-order valence-electron chi connectivity index (χ1n) is 6.52. The molecule has 0 saturated carbocycles. The lowest BCUT2D eigenvalue weighted by molar-refractivity contribution is -0.137. The van der Waals surface area contributed by atoms with Crippen LogP contribution in [0.2, 0.25) is 10.0 Å². The number of hydrogen-bond acceptors (Lipinski definition) is 3. The van der Waals surface area contributed by atoms with Crippen molar-refractivity contribution in [1.29, 1.82) is 5.26 Å². The SMILES string of the molecule is N#Cc1nn(-c2c(Cl)cc(C(F)(F)F)cc2Cl)cc1-c1occc1Br. The van der Waals surface area contributed by atoms with Crippen LogP contribution in [0.4, 0.5) is 13.2 Å². The summed E-state index contributed by atoms with van der Waals surface area (Å²) in [7, 11) is 0. The van der Waals surface area contributed by atoms with Crippen LogP contribution < -0.4 is 0 Å². The van der Waals surface area contributed by atoms with Crippen molar-refractivity contribution in [2.75, 3.05) is 0 Å². The van der Waals surface area contributed by atoms with Gasteiger partial charge in [-0.05, 0) is 34.1 Å². The van der Waals surface area contributed by atoms with Crippen molar-refractivity contribution in [2.45, 2.75) is 6.18 Å². The Hall–Kier alpha value is -1.95. The predicted octanol–water partition coefficient (Wildman–Crippen LogP) is 6.09. The van der Waals surface area contributed by atoms with Gasteiger partial charge in [-0.3, -0.25) is 0 Å². The predicted molar refractivity (Wildman–Crippen MR) is 88.7 cm³/mol. The molecule has 0 radical (unpaired) electrons. The second-order valence-electron chi connectivity index (χ2n) is 4.83. The maximum absolute atomic E-state index is 12.8. The Morgan fingerprint density at radius 3 is 2.36 bits per heavy atom. The first-order valence-corrected chi connectivity index (χ1v) is 8.07. The van der Waals surface area contributed by atoms with E-state index in [0.717, 1.165) is 16.8 Å². The molecule has 2 heterocycles. The molecule has 0 unspecified atom stereocenters. The molecule has 3 aromatic rings. The van der Waals surface area contributed by atoms with Gasteiger partial charge in [0.25, 0.3) is 0 Å². The van der Waals surface area contributed by atoms with Crippen LogP contribution in [0.5, 0.6) is 0 Å². The molecule has 0 aliphatic carbocycles. The van der Waals surface area contributed by atoms with Crippen LogP contribution >= 0.6 is 39.1 Å². The molecule has 0 saturated heterocycles. The van der Waals surface area contributed by atoms with Crippen molar-refractivity contribution in [3.05, 3.63) is 56.4 Å². The Bertz CT molecular complexity index is 981. The van der Waals surface area contributed by atoms with E-state index in [2.05, 4.69) is 21.0 Å². The third-order valence-electron chi connectivity index (χ3n) is 3.26. The molecular weight excluding hydrogens is 446 g/mol. The minimum absolute atomic E-state index is 0.00248. The Labute approximate surface area is 157 Å². The number of alkyl halides is 3. The minimum Gasteiger partial charge on any atom is -0.463 e. The quantitative estimate of drug-likeness (QED) is 0.474. The van der Waals surface area contributed by atoms with Gasteiger partial charge in [0.05, 0.1) is 31.9 Å². The highest BCUT2D eigenvalue weighted by Crippen LogP contribution is 2.38. The average Bonchev–Trinajstić information content (AvgIpc) is 3.11. The van der Waals surface area contributed by atoms with E-state index >= 15 is 0 Å². The zero-order valence-electron chi connectivity index (χ0n) is 11.9. The second kappa shape index (κ2) is 6.41. The number of furan rings is 1. The molecule has 0 fully saturated rings. The molecule has 3 rings (SSSR count). The molecule has 128 valence electrons. The summed E-state index contributed by atoms with van der Waals surface area (Å²) in [5.74, 6) is 0.349. The molecular formula is C15H5BrCl2F3N3O. The monoisotopic (exact) mass is 449 g/mol. The highest BCUT2D eigenvalue weighted by Gasteiger charge is 2.32. The van der Waals surface area contributed by atoms with E-state index < -0.39 is 11.7 Å². The van der Waals surface area contributed by atoms with Crippen LogP contribution in [0.1, 0.15) is 11.3 Å². The van der Waals surface area contributed by atoms with Crippen LogP contribution in [0.15, 0.2) is 39.5 Å². The van der Waals surface area contributed by atoms with Crippen LogP contribution in [0.25, 0.3) is 17.0 Å². The van der Waals surface area contributed by atoms with Crippen molar-refractivity contribution >= 4 is 39.1 Å². The van der Waals surface area contributed by atoms with Gasteiger partial charge in [-0.25, -0.2) is 4.68 Å². The minimum atomic E-state index is -4.59. The third-order valence-corrected chi connectivity index (χ3v) is 4.46. The van der Waals surface area contributed by atoms with E-state index in [0.29, 0.717) is 15.8 Å². The summed E-state index contributed by atoms with van der Waals surface area (Å²) in [5, 5.41) is 12.8. The zero-order chi connectivity index (χ0) is 18.4. The van der Waals surface area contributed by atoms with Gasteiger partial charge < -0.3 is 4.42 Å². The Kier molecular flexibility index (Phi) is 4.58. The number of hydrogen-bond donors (Lipinski definition) is 0. The van der Waals surface area contributed by atoms with Crippen molar-refractivity contribution in [2.24, 2.45) is 0 Å². The maximum Gasteiger partial charge on any atom is 0.416 e. The molecule has 0 aliphatic rings. The summed E-state index contributed by atoms with van der Waals surface area (Å²) in [5.41, 5.74) is -0.608. The van der Waals surface area contributed by atoms with E-state index in [1.807, 2.05) is 6.07 Å². The van der Waals surface area contributed by atoms with Gasteiger partial charge in [0.15, 0.2) is 11.5 Å². The van der Waals surface area contributed by atoms with Crippen LogP contribution in [0.3, 0.4) is 0 Å². The molecule has 4 nitrogen and oxygen atoms in total. The lowest BCUT2D eigenvalue weighted by atomic mass is 10.2. The fourth-order valence-electron chi connectivity index (χ4n) is 2.17. The number of nitriles is 1. The number of aromatic nitrogens is 2. The van der Waals surface area contributed by atoms with Gasteiger partial charge in [0.2, 0.25) is 0 Å². The summed E-state index contributed by atoms with van der Waals surface area (Å²) in [6, 6.07) is 5.03. The number of nitrogens with zero attached hydrogens (tertiary/aromatic N) is 3. The van der Waals surface area contributed by atoms with E-state index in [4.69, 9.17) is 27.6 Å². The first-order chi connectivity index (χ1) is 11.7.